The molecule has 1 aliphatic rings. The lowest BCUT2D eigenvalue weighted by atomic mass is 10.3. The van der Waals surface area contributed by atoms with Gasteiger partial charge in [0.05, 0.1) is 23.2 Å². The lowest BCUT2D eigenvalue weighted by molar-refractivity contribution is 0.0459. The molecular weight excluding hydrogens is 243 g/mol. The molecule has 10 heavy (non-hydrogen) atoms. The fourth-order valence-electron chi connectivity index (χ4n) is 0.930. The zero-order valence-corrected chi connectivity index (χ0v) is 8.34. The number of ether oxygens (including phenoxy) is 2. The topological polar surface area (TPSA) is 18.5 Å². The van der Waals surface area contributed by atoms with E-state index < -0.39 is 0 Å². The van der Waals surface area contributed by atoms with Crippen LogP contribution in [0.4, 0.5) is 0 Å². The normalized spacial score (nSPS) is 33.0. The summed E-state index contributed by atoms with van der Waals surface area (Å²) in [4.78, 5) is 0. The van der Waals surface area contributed by atoms with Crippen molar-refractivity contribution in [3.8, 4) is 0 Å². The van der Waals surface area contributed by atoms with Gasteiger partial charge in [-0.05, 0) is 6.42 Å². The Labute approximate surface area is 75.4 Å². The minimum Gasteiger partial charge on any atom is -0.378 e. The molecule has 2 atom stereocenters. The molecule has 1 saturated heterocycles. The van der Waals surface area contributed by atoms with Crippen LogP contribution >= 0.6 is 22.6 Å². The Morgan fingerprint density at radius 3 is 2.90 bits per heavy atom. The van der Waals surface area contributed by atoms with E-state index in [1.807, 2.05) is 0 Å². The zero-order valence-electron chi connectivity index (χ0n) is 6.18. The minimum absolute atomic E-state index is 0.348. The van der Waals surface area contributed by atoms with Crippen molar-refractivity contribution in [1.29, 1.82) is 0 Å². The van der Waals surface area contributed by atoms with Crippen molar-refractivity contribution >= 4 is 22.6 Å². The summed E-state index contributed by atoms with van der Waals surface area (Å²) in [6.07, 6.45) is 1.44. The SMILES string of the molecule is CCCOC1COCC1I. The summed E-state index contributed by atoms with van der Waals surface area (Å²) in [6, 6.07) is 0. The zero-order chi connectivity index (χ0) is 7.40. The van der Waals surface area contributed by atoms with Gasteiger partial charge >= 0.3 is 0 Å². The molecular formula is C7H13IO2. The van der Waals surface area contributed by atoms with Gasteiger partial charge in [0.1, 0.15) is 0 Å². The third kappa shape index (κ3) is 2.36. The van der Waals surface area contributed by atoms with E-state index >= 15 is 0 Å². The Morgan fingerprint density at radius 1 is 1.60 bits per heavy atom. The first kappa shape index (κ1) is 8.74. The molecule has 0 bridgehead atoms. The molecule has 0 saturated carbocycles. The van der Waals surface area contributed by atoms with Crippen molar-refractivity contribution in [2.24, 2.45) is 0 Å². The van der Waals surface area contributed by atoms with Crippen molar-refractivity contribution in [2.75, 3.05) is 19.8 Å². The molecule has 1 rings (SSSR count). The van der Waals surface area contributed by atoms with Crippen LogP contribution in [0.5, 0.6) is 0 Å². The highest BCUT2D eigenvalue weighted by Crippen LogP contribution is 2.17. The van der Waals surface area contributed by atoms with Crippen molar-refractivity contribution < 1.29 is 9.47 Å². The van der Waals surface area contributed by atoms with Gasteiger partial charge in [-0.2, -0.15) is 0 Å². The Bertz CT molecular complexity index is 97.6. The molecule has 0 radical (unpaired) electrons. The van der Waals surface area contributed by atoms with Gasteiger partial charge in [0.25, 0.3) is 0 Å². The highest BCUT2D eigenvalue weighted by atomic mass is 127. The summed E-state index contributed by atoms with van der Waals surface area (Å²) in [5.74, 6) is 0. The van der Waals surface area contributed by atoms with Gasteiger partial charge in [0.2, 0.25) is 0 Å². The molecule has 0 spiro atoms. The lowest BCUT2D eigenvalue weighted by Crippen LogP contribution is -2.22. The Kier molecular flexibility index (Phi) is 3.95. The number of hydrogen-bond acceptors (Lipinski definition) is 2. The Hall–Kier alpha value is 0.650. The second-order valence-corrected chi connectivity index (χ2v) is 4.06. The van der Waals surface area contributed by atoms with Gasteiger partial charge in [0.15, 0.2) is 0 Å². The van der Waals surface area contributed by atoms with Crippen LogP contribution in [-0.2, 0) is 9.47 Å². The van der Waals surface area contributed by atoms with E-state index in [1.54, 1.807) is 0 Å². The van der Waals surface area contributed by atoms with Crippen molar-refractivity contribution in [2.45, 2.75) is 23.4 Å². The maximum atomic E-state index is 5.53. The van der Waals surface area contributed by atoms with Gasteiger partial charge in [-0.3, -0.25) is 0 Å². The quantitative estimate of drug-likeness (QED) is 0.564. The van der Waals surface area contributed by atoms with Crippen LogP contribution in [0.15, 0.2) is 0 Å². The average molecular weight is 256 g/mol. The second-order valence-electron chi connectivity index (χ2n) is 2.46. The molecule has 1 fully saturated rings. The molecule has 0 aromatic rings. The molecule has 0 amide bonds. The molecule has 60 valence electrons. The van der Waals surface area contributed by atoms with E-state index in [2.05, 4.69) is 29.5 Å². The van der Waals surface area contributed by atoms with E-state index in [9.17, 15) is 0 Å². The highest BCUT2D eigenvalue weighted by Gasteiger charge is 2.25. The predicted molar refractivity (Wildman–Crippen MR) is 48.7 cm³/mol. The fraction of sp³-hybridized carbons (Fsp3) is 1.00. The van der Waals surface area contributed by atoms with E-state index in [1.165, 1.54) is 0 Å². The molecule has 2 unspecified atom stereocenters. The number of halogens is 1. The van der Waals surface area contributed by atoms with Crippen molar-refractivity contribution in [3.05, 3.63) is 0 Å². The molecule has 0 aromatic carbocycles. The van der Waals surface area contributed by atoms with Gasteiger partial charge < -0.3 is 9.47 Å². The van der Waals surface area contributed by atoms with E-state index in [-0.39, 0.29) is 0 Å². The van der Waals surface area contributed by atoms with Crippen LogP contribution in [-0.4, -0.2) is 29.8 Å². The number of rotatable bonds is 3. The summed E-state index contributed by atoms with van der Waals surface area (Å²) >= 11 is 2.38. The maximum absolute atomic E-state index is 5.53. The van der Waals surface area contributed by atoms with Crippen molar-refractivity contribution in [3.63, 3.8) is 0 Å². The van der Waals surface area contributed by atoms with Crippen LogP contribution < -0.4 is 0 Å². The van der Waals surface area contributed by atoms with Crippen LogP contribution in [0.2, 0.25) is 0 Å². The van der Waals surface area contributed by atoms with Gasteiger partial charge in [-0.25, -0.2) is 0 Å². The maximum Gasteiger partial charge on any atom is 0.0947 e. The van der Waals surface area contributed by atoms with Crippen molar-refractivity contribution in [1.82, 2.24) is 0 Å². The van der Waals surface area contributed by atoms with Crippen LogP contribution in [0.25, 0.3) is 0 Å². The summed E-state index contributed by atoms with van der Waals surface area (Å²) in [5.41, 5.74) is 0. The van der Waals surface area contributed by atoms with Gasteiger partial charge in [0, 0.05) is 6.61 Å². The molecule has 2 nitrogen and oxygen atoms in total. The minimum atomic E-state index is 0.348. The molecule has 1 heterocycles. The third-order valence-corrected chi connectivity index (χ3v) is 2.66. The summed E-state index contributed by atoms with van der Waals surface area (Å²) in [6.45, 7) is 4.63. The smallest absolute Gasteiger partial charge is 0.0947 e. The van der Waals surface area contributed by atoms with Gasteiger partial charge in [-0.15, -0.1) is 0 Å². The van der Waals surface area contributed by atoms with Crippen LogP contribution in [0, 0.1) is 0 Å². The average Bonchev–Trinajstić information content (AvgIpc) is 2.31. The largest absolute Gasteiger partial charge is 0.378 e. The van der Waals surface area contributed by atoms with Gasteiger partial charge in [-0.1, -0.05) is 29.5 Å². The Balaban J connectivity index is 2.14. The van der Waals surface area contributed by atoms with Crippen LogP contribution in [0.3, 0.4) is 0 Å². The summed E-state index contributed by atoms with van der Waals surface area (Å²) in [7, 11) is 0. The molecule has 3 heteroatoms. The van der Waals surface area contributed by atoms with E-state index in [0.29, 0.717) is 10.0 Å². The predicted octanol–water partition coefficient (Wildman–Crippen LogP) is 1.62. The lowest BCUT2D eigenvalue weighted by Gasteiger charge is -2.11. The van der Waals surface area contributed by atoms with E-state index in [4.69, 9.17) is 9.47 Å². The number of hydrogen-bond donors (Lipinski definition) is 0. The first-order valence-electron chi connectivity index (χ1n) is 3.68. The standard InChI is InChI=1S/C7H13IO2/c1-2-3-10-7-5-9-4-6(7)8/h6-7H,2-5H2,1H3. The third-order valence-electron chi connectivity index (χ3n) is 1.50. The highest BCUT2D eigenvalue weighted by molar-refractivity contribution is 14.1. The second kappa shape index (κ2) is 4.51. The fourth-order valence-corrected chi connectivity index (χ4v) is 1.60. The summed E-state index contributed by atoms with van der Waals surface area (Å²) < 4.78 is 11.3. The first-order valence-corrected chi connectivity index (χ1v) is 4.92. The molecule has 0 aliphatic carbocycles. The first-order chi connectivity index (χ1) is 4.84. The summed E-state index contributed by atoms with van der Waals surface area (Å²) in [5, 5.41) is 0. The van der Waals surface area contributed by atoms with Crippen LogP contribution in [0.1, 0.15) is 13.3 Å². The molecule has 0 aromatic heterocycles. The molecule has 1 aliphatic heterocycles. The van der Waals surface area contributed by atoms with E-state index in [0.717, 1.165) is 26.2 Å². The monoisotopic (exact) mass is 256 g/mol. The Morgan fingerprint density at radius 2 is 2.40 bits per heavy atom. The molecule has 0 N–H and O–H groups in total. The number of alkyl halides is 1.